The van der Waals surface area contributed by atoms with Crippen LogP contribution in [0.5, 0.6) is 0 Å². The van der Waals surface area contributed by atoms with E-state index in [-0.39, 0.29) is 5.91 Å². The van der Waals surface area contributed by atoms with E-state index in [0.29, 0.717) is 10.8 Å². The highest BCUT2D eigenvalue weighted by molar-refractivity contribution is 7.99. The molecule has 2 nitrogen and oxygen atoms in total. The molecule has 0 atom stereocenters. The van der Waals surface area contributed by atoms with Gasteiger partial charge in [0, 0.05) is 16.5 Å². The number of aryl methyl sites for hydroxylation is 1. The van der Waals surface area contributed by atoms with E-state index in [0.717, 1.165) is 17.0 Å². The number of halogens is 1. The van der Waals surface area contributed by atoms with Gasteiger partial charge in [-0.2, -0.15) is 0 Å². The number of hydrogen-bond acceptors (Lipinski definition) is 2. The van der Waals surface area contributed by atoms with Gasteiger partial charge in [-0.05, 0) is 37.1 Å². The molecule has 2 rings (SSSR count). The number of hydrogen-bond donors (Lipinski definition) is 1. The molecule has 0 aliphatic heterocycles. The lowest BCUT2D eigenvalue weighted by atomic mass is 10.2. The highest BCUT2D eigenvalue weighted by Gasteiger charge is 2.07. The zero-order valence-corrected chi connectivity index (χ0v) is 13.7. The summed E-state index contributed by atoms with van der Waals surface area (Å²) in [5, 5.41) is 3.57. The van der Waals surface area contributed by atoms with Gasteiger partial charge in [0.2, 0.25) is 5.91 Å². The fraction of sp³-hybridized carbons (Fsp3) is 0.235. The van der Waals surface area contributed by atoms with Crippen LogP contribution in [0.3, 0.4) is 0 Å². The predicted molar refractivity (Wildman–Crippen MR) is 92.2 cm³/mol. The predicted octanol–water partition coefficient (Wildman–Crippen LogP) is 4.83. The van der Waals surface area contributed by atoms with Crippen LogP contribution in [-0.2, 0) is 10.5 Å². The Morgan fingerprint density at radius 1 is 1.19 bits per heavy atom. The molecule has 110 valence electrons. The van der Waals surface area contributed by atoms with Crippen LogP contribution in [-0.4, -0.2) is 11.7 Å². The van der Waals surface area contributed by atoms with E-state index in [4.69, 9.17) is 11.6 Å². The van der Waals surface area contributed by atoms with Gasteiger partial charge in [0.05, 0.1) is 5.75 Å². The first kappa shape index (κ1) is 15.9. The third-order valence-corrected chi connectivity index (χ3v) is 4.54. The number of benzene rings is 2. The maximum absolute atomic E-state index is 12.0. The third kappa shape index (κ3) is 4.80. The normalized spacial score (nSPS) is 10.4. The van der Waals surface area contributed by atoms with Crippen molar-refractivity contribution in [1.82, 2.24) is 0 Å². The lowest BCUT2D eigenvalue weighted by Gasteiger charge is -2.09. The second-order valence-corrected chi connectivity index (χ2v) is 6.34. The van der Waals surface area contributed by atoms with E-state index in [2.05, 4.69) is 30.4 Å². The van der Waals surface area contributed by atoms with E-state index in [9.17, 15) is 4.79 Å². The van der Waals surface area contributed by atoms with Crippen LogP contribution in [0.15, 0.2) is 42.5 Å². The van der Waals surface area contributed by atoms with Crippen LogP contribution in [0.4, 0.5) is 5.69 Å². The molecule has 0 fully saturated rings. The average molecular weight is 320 g/mol. The van der Waals surface area contributed by atoms with Crippen molar-refractivity contribution >= 4 is 35.0 Å². The molecule has 0 aromatic heterocycles. The van der Waals surface area contributed by atoms with Crippen LogP contribution in [0.2, 0.25) is 5.02 Å². The van der Waals surface area contributed by atoms with E-state index in [1.807, 2.05) is 31.2 Å². The van der Waals surface area contributed by atoms with Gasteiger partial charge < -0.3 is 5.32 Å². The molecule has 0 heterocycles. The highest BCUT2D eigenvalue weighted by atomic mass is 35.5. The monoisotopic (exact) mass is 319 g/mol. The number of rotatable bonds is 5. The maximum Gasteiger partial charge on any atom is 0.234 e. The van der Waals surface area contributed by atoms with E-state index < -0.39 is 0 Å². The number of carbonyl (C=O) groups excluding carboxylic acids is 1. The second kappa shape index (κ2) is 7.53. The summed E-state index contributed by atoms with van der Waals surface area (Å²) in [5.41, 5.74) is 4.17. The van der Waals surface area contributed by atoms with Gasteiger partial charge in [-0.25, -0.2) is 0 Å². The Morgan fingerprint density at radius 3 is 2.71 bits per heavy atom. The average Bonchev–Trinajstić information content (AvgIpc) is 2.44. The van der Waals surface area contributed by atoms with Crippen LogP contribution in [0, 0.1) is 13.8 Å². The quantitative estimate of drug-likeness (QED) is 0.855. The van der Waals surface area contributed by atoms with Crippen LogP contribution < -0.4 is 5.32 Å². The Hall–Kier alpha value is -1.45. The minimum Gasteiger partial charge on any atom is -0.325 e. The van der Waals surface area contributed by atoms with Crippen molar-refractivity contribution in [2.75, 3.05) is 11.1 Å². The standard InChI is InChI=1S/C17H18ClNOS/c1-12-5-3-6-14(9-12)10-21-11-17(20)19-16-8-4-7-15(18)13(16)2/h3-9H,10-11H2,1-2H3,(H,19,20). The fourth-order valence-electron chi connectivity index (χ4n) is 1.99. The Morgan fingerprint density at radius 2 is 1.95 bits per heavy atom. The zero-order valence-electron chi connectivity index (χ0n) is 12.2. The van der Waals surface area contributed by atoms with Crippen molar-refractivity contribution in [2.45, 2.75) is 19.6 Å². The summed E-state index contributed by atoms with van der Waals surface area (Å²) < 4.78 is 0. The molecular weight excluding hydrogens is 302 g/mol. The van der Waals surface area contributed by atoms with Crippen LogP contribution >= 0.6 is 23.4 Å². The molecule has 0 bridgehead atoms. The lowest BCUT2D eigenvalue weighted by Crippen LogP contribution is -2.15. The summed E-state index contributed by atoms with van der Waals surface area (Å²) in [4.78, 5) is 12.0. The summed E-state index contributed by atoms with van der Waals surface area (Å²) in [6.07, 6.45) is 0. The lowest BCUT2D eigenvalue weighted by molar-refractivity contribution is -0.113. The largest absolute Gasteiger partial charge is 0.325 e. The molecular formula is C17H18ClNOS. The topological polar surface area (TPSA) is 29.1 Å². The molecule has 1 N–H and O–H groups in total. The number of carbonyl (C=O) groups is 1. The maximum atomic E-state index is 12.0. The number of nitrogens with one attached hydrogen (secondary N) is 1. The fourth-order valence-corrected chi connectivity index (χ4v) is 2.94. The van der Waals surface area contributed by atoms with Crippen molar-refractivity contribution in [2.24, 2.45) is 0 Å². The smallest absolute Gasteiger partial charge is 0.234 e. The minimum atomic E-state index is -0.00183. The van der Waals surface area contributed by atoms with Gasteiger partial charge in [0.25, 0.3) is 0 Å². The van der Waals surface area contributed by atoms with E-state index >= 15 is 0 Å². The number of amides is 1. The molecule has 0 saturated heterocycles. The molecule has 0 radical (unpaired) electrons. The summed E-state index contributed by atoms with van der Waals surface area (Å²) in [6, 6.07) is 13.9. The molecule has 0 unspecified atom stereocenters. The Balaban J connectivity index is 1.84. The Labute approximate surface area is 134 Å². The molecule has 1 amide bonds. The van der Waals surface area contributed by atoms with E-state index in [1.165, 1.54) is 11.1 Å². The van der Waals surface area contributed by atoms with E-state index in [1.54, 1.807) is 11.8 Å². The first-order valence-electron chi connectivity index (χ1n) is 6.74. The van der Waals surface area contributed by atoms with Gasteiger partial charge in [-0.1, -0.05) is 47.5 Å². The molecule has 21 heavy (non-hydrogen) atoms. The molecule has 4 heteroatoms. The van der Waals surface area contributed by atoms with Crippen molar-refractivity contribution in [1.29, 1.82) is 0 Å². The Kier molecular flexibility index (Phi) is 5.71. The first-order valence-corrected chi connectivity index (χ1v) is 8.28. The summed E-state index contributed by atoms with van der Waals surface area (Å²) in [7, 11) is 0. The minimum absolute atomic E-state index is 0.00183. The molecule has 2 aromatic carbocycles. The highest BCUT2D eigenvalue weighted by Crippen LogP contribution is 2.23. The van der Waals surface area contributed by atoms with Gasteiger partial charge in [-0.15, -0.1) is 11.8 Å². The third-order valence-electron chi connectivity index (χ3n) is 3.13. The van der Waals surface area contributed by atoms with Gasteiger partial charge in [0.1, 0.15) is 0 Å². The summed E-state index contributed by atoms with van der Waals surface area (Å²) >= 11 is 7.65. The van der Waals surface area contributed by atoms with Crippen LogP contribution in [0.25, 0.3) is 0 Å². The van der Waals surface area contributed by atoms with Crippen molar-refractivity contribution in [3.63, 3.8) is 0 Å². The molecule has 0 saturated carbocycles. The number of anilines is 1. The van der Waals surface area contributed by atoms with Gasteiger partial charge >= 0.3 is 0 Å². The first-order chi connectivity index (χ1) is 10.1. The van der Waals surface area contributed by atoms with Gasteiger partial charge in [0.15, 0.2) is 0 Å². The van der Waals surface area contributed by atoms with Gasteiger partial charge in [-0.3, -0.25) is 4.79 Å². The van der Waals surface area contributed by atoms with Crippen molar-refractivity contribution in [3.8, 4) is 0 Å². The van der Waals surface area contributed by atoms with Crippen molar-refractivity contribution < 1.29 is 4.79 Å². The Bertz CT molecular complexity index is 642. The van der Waals surface area contributed by atoms with Crippen LogP contribution in [0.1, 0.15) is 16.7 Å². The second-order valence-electron chi connectivity index (χ2n) is 4.94. The number of thioether (sulfide) groups is 1. The summed E-state index contributed by atoms with van der Waals surface area (Å²) in [5.74, 6) is 1.27. The molecule has 0 aliphatic rings. The molecule has 2 aromatic rings. The zero-order chi connectivity index (χ0) is 15.2. The molecule has 0 aliphatic carbocycles. The summed E-state index contributed by atoms with van der Waals surface area (Å²) in [6.45, 7) is 3.97. The van der Waals surface area contributed by atoms with Crippen molar-refractivity contribution in [3.05, 3.63) is 64.2 Å². The SMILES string of the molecule is Cc1cccc(CSCC(=O)Nc2cccc(Cl)c2C)c1. The molecule has 0 spiro atoms.